The normalized spacial score (nSPS) is 11.0. The van der Waals surface area contributed by atoms with E-state index in [2.05, 4.69) is 10.5 Å². The van der Waals surface area contributed by atoms with Gasteiger partial charge in [0.1, 0.15) is 0 Å². The number of anilines is 1. The summed E-state index contributed by atoms with van der Waals surface area (Å²) in [6.45, 7) is 1.71. The molecule has 0 radical (unpaired) electrons. The number of nitrogens with zero attached hydrogens (tertiary/aromatic N) is 1. The fourth-order valence-corrected chi connectivity index (χ4v) is 2.22. The second kappa shape index (κ2) is 6.67. The van der Waals surface area contributed by atoms with Crippen molar-refractivity contribution in [3.05, 3.63) is 52.2 Å². The summed E-state index contributed by atoms with van der Waals surface area (Å²) < 4.78 is 0. The highest BCUT2D eigenvalue weighted by Gasteiger charge is 2.12. The van der Waals surface area contributed by atoms with E-state index in [1.807, 2.05) is 17.5 Å². The van der Waals surface area contributed by atoms with Gasteiger partial charge >= 0.3 is 12.1 Å². The molecule has 0 aliphatic heterocycles. The maximum Gasteiger partial charge on any atom is 0.437 e. The minimum absolute atomic E-state index is 0.0200. The van der Waals surface area contributed by atoms with Crippen LogP contribution in [0.1, 0.15) is 22.2 Å². The van der Waals surface area contributed by atoms with Crippen molar-refractivity contribution < 1.29 is 19.5 Å². The van der Waals surface area contributed by atoms with Gasteiger partial charge in [0.15, 0.2) is 0 Å². The lowest BCUT2D eigenvalue weighted by molar-refractivity contribution is 0.0698. The average molecular weight is 304 g/mol. The molecule has 1 heterocycles. The zero-order chi connectivity index (χ0) is 15.2. The Kier molecular flexibility index (Phi) is 4.68. The third-order valence-electron chi connectivity index (χ3n) is 2.54. The molecule has 0 fully saturated rings. The standard InChI is InChI=1S/C14H12N2O4S/c1-9(12-7-4-8-21-12)16-20-14(19)15-11-6-3-2-5-10(11)13(17)18/h2-8H,1H3,(H,15,19)(H,17,18)/b16-9+. The average Bonchev–Trinajstić information content (AvgIpc) is 2.99. The van der Waals surface area contributed by atoms with E-state index in [4.69, 9.17) is 9.94 Å². The Balaban J connectivity index is 2.03. The molecule has 0 atom stereocenters. The summed E-state index contributed by atoms with van der Waals surface area (Å²) >= 11 is 1.47. The lowest BCUT2D eigenvalue weighted by Crippen LogP contribution is -2.14. The number of rotatable bonds is 4. The van der Waals surface area contributed by atoms with Gasteiger partial charge in [0.2, 0.25) is 0 Å². The van der Waals surface area contributed by atoms with E-state index in [-0.39, 0.29) is 11.3 Å². The Labute approximate surface area is 124 Å². The molecule has 0 saturated heterocycles. The quantitative estimate of drug-likeness (QED) is 0.514. The number of aromatic carboxylic acids is 1. The second-order valence-electron chi connectivity index (χ2n) is 4.01. The molecule has 108 valence electrons. The smallest absolute Gasteiger partial charge is 0.437 e. The molecule has 2 aromatic rings. The molecule has 21 heavy (non-hydrogen) atoms. The van der Waals surface area contributed by atoms with Crippen LogP contribution in [0.25, 0.3) is 0 Å². The molecule has 1 aromatic heterocycles. The van der Waals surface area contributed by atoms with Crippen LogP contribution in [-0.4, -0.2) is 22.9 Å². The Morgan fingerprint density at radius 2 is 2.00 bits per heavy atom. The van der Waals surface area contributed by atoms with Crippen LogP contribution in [0.3, 0.4) is 0 Å². The molecule has 0 bridgehead atoms. The first kappa shape index (κ1) is 14.7. The highest BCUT2D eigenvalue weighted by Crippen LogP contribution is 2.15. The first-order valence-electron chi connectivity index (χ1n) is 5.96. The number of benzene rings is 1. The summed E-state index contributed by atoms with van der Waals surface area (Å²) in [6, 6.07) is 9.76. The van der Waals surface area contributed by atoms with Gasteiger partial charge in [0.05, 0.1) is 21.8 Å². The number of carboxylic acid groups (broad SMARTS) is 1. The van der Waals surface area contributed by atoms with Crippen molar-refractivity contribution in [1.82, 2.24) is 0 Å². The van der Waals surface area contributed by atoms with Gasteiger partial charge < -0.3 is 5.11 Å². The SMILES string of the molecule is C/C(=N\OC(=O)Nc1ccccc1C(=O)O)c1cccs1. The molecule has 7 heteroatoms. The molecule has 0 aliphatic rings. The number of carboxylic acids is 1. The van der Waals surface area contributed by atoms with Crippen LogP contribution in [-0.2, 0) is 4.84 Å². The van der Waals surface area contributed by atoms with Gasteiger partial charge in [-0.2, -0.15) is 0 Å². The fourth-order valence-electron chi connectivity index (χ4n) is 1.55. The van der Waals surface area contributed by atoms with Gasteiger partial charge in [0.25, 0.3) is 0 Å². The number of nitrogens with one attached hydrogen (secondary N) is 1. The number of carbonyl (C=O) groups is 2. The third-order valence-corrected chi connectivity index (χ3v) is 3.52. The molecular formula is C14H12N2O4S. The molecule has 1 aromatic carbocycles. The first-order valence-corrected chi connectivity index (χ1v) is 6.84. The summed E-state index contributed by atoms with van der Waals surface area (Å²) in [7, 11) is 0. The number of thiophene rings is 1. The van der Waals surface area contributed by atoms with E-state index >= 15 is 0 Å². The molecular weight excluding hydrogens is 292 g/mol. The van der Waals surface area contributed by atoms with Gasteiger partial charge in [-0.3, -0.25) is 10.2 Å². The molecule has 0 spiro atoms. The van der Waals surface area contributed by atoms with Crippen LogP contribution in [0.15, 0.2) is 46.9 Å². The highest BCUT2D eigenvalue weighted by atomic mass is 32.1. The van der Waals surface area contributed by atoms with Gasteiger partial charge in [-0.1, -0.05) is 23.4 Å². The zero-order valence-electron chi connectivity index (χ0n) is 11.1. The Hall–Kier alpha value is -2.67. The van der Waals surface area contributed by atoms with Gasteiger partial charge in [-0.05, 0) is 30.5 Å². The van der Waals surface area contributed by atoms with Crippen LogP contribution in [0, 0.1) is 0 Å². The predicted molar refractivity (Wildman–Crippen MR) is 80.0 cm³/mol. The zero-order valence-corrected chi connectivity index (χ0v) is 11.9. The molecule has 0 aliphatic carbocycles. The molecule has 2 N–H and O–H groups in total. The van der Waals surface area contributed by atoms with E-state index in [9.17, 15) is 9.59 Å². The largest absolute Gasteiger partial charge is 0.478 e. The first-order chi connectivity index (χ1) is 10.1. The van der Waals surface area contributed by atoms with Crippen LogP contribution in [0.5, 0.6) is 0 Å². The summed E-state index contributed by atoms with van der Waals surface area (Å²) in [4.78, 5) is 28.2. The topological polar surface area (TPSA) is 88.0 Å². The highest BCUT2D eigenvalue weighted by molar-refractivity contribution is 7.12. The molecule has 2 rings (SSSR count). The minimum Gasteiger partial charge on any atom is -0.478 e. The van der Waals surface area contributed by atoms with E-state index in [0.717, 1.165) is 4.88 Å². The van der Waals surface area contributed by atoms with Gasteiger partial charge in [-0.15, -0.1) is 11.3 Å². The number of oxime groups is 1. The molecule has 0 saturated carbocycles. The van der Waals surface area contributed by atoms with Gasteiger partial charge in [-0.25, -0.2) is 9.59 Å². The van der Waals surface area contributed by atoms with Crippen molar-refractivity contribution >= 4 is 34.8 Å². The van der Waals surface area contributed by atoms with Crippen molar-refractivity contribution in [2.45, 2.75) is 6.92 Å². The Morgan fingerprint density at radius 1 is 1.24 bits per heavy atom. The van der Waals surface area contributed by atoms with Gasteiger partial charge in [0, 0.05) is 0 Å². The fraction of sp³-hybridized carbons (Fsp3) is 0.0714. The van der Waals surface area contributed by atoms with Crippen LogP contribution in [0.2, 0.25) is 0 Å². The van der Waals surface area contributed by atoms with Crippen molar-refractivity contribution in [1.29, 1.82) is 0 Å². The van der Waals surface area contributed by atoms with E-state index < -0.39 is 12.1 Å². The Morgan fingerprint density at radius 3 is 2.67 bits per heavy atom. The van der Waals surface area contributed by atoms with Crippen molar-refractivity contribution in [2.75, 3.05) is 5.32 Å². The third kappa shape index (κ3) is 3.90. The van der Waals surface area contributed by atoms with E-state index in [1.54, 1.807) is 19.1 Å². The lowest BCUT2D eigenvalue weighted by atomic mass is 10.2. The van der Waals surface area contributed by atoms with Crippen LogP contribution in [0.4, 0.5) is 10.5 Å². The van der Waals surface area contributed by atoms with Crippen LogP contribution >= 0.6 is 11.3 Å². The van der Waals surface area contributed by atoms with E-state index in [1.165, 1.54) is 23.5 Å². The molecule has 0 unspecified atom stereocenters. The second-order valence-corrected chi connectivity index (χ2v) is 4.96. The predicted octanol–water partition coefficient (Wildman–Crippen LogP) is 3.42. The van der Waals surface area contributed by atoms with Crippen molar-refractivity contribution in [3.63, 3.8) is 0 Å². The number of carbonyl (C=O) groups excluding carboxylic acids is 1. The van der Waals surface area contributed by atoms with Crippen molar-refractivity contribution in [2.24, 2.45) is 5.16 Å². The maximum atomic E-state index is 11.6. The number of amides is 1. The monoisotopic (exact) mass is 304 g/mol. The molecule has 1 amide bonds. The van der Waals surface area contributed by atoms with E-state index in [0.29, 0.717) is 5.71 Å². The van der Waals surface area contributed by atoms with Crippen molar-refractivity contribution in [3.8, 4) is 0 Å². The Bertz CT molecular complexity index is 680. The van der Waals surface area contributed by atoms with Crippen LogP contribution < -0.4 is 5.32 Å². The number of hydrogen-bond donors (Lipinski definition) is 2. The number of hydrogen-bond acceptors (Lipinski definition) is 5. The minimum atomic E-state index is -1.14. The number of para-hydroxylation sites is 1. The maximum absolute atomic E-state index is 11.6. The molecule has 6 nitrogen and oxygen atoms in total. The summed E-state index contributed by atoms with van der Waals surface area (Å²) in [5, 5.41) is 16.9. The summed E-state index contributed by atoms with van der Waals surface area (Å²) in [6.07, 6.45) is -0.848. The summed E-state index contributed by atoms with van der Waals surface area (Å²) in [5.74, 6) is -1.14. The summed E-state index contributed by atoms with van der Waals surface area (Å²) in [5.41, 5.74) is 0.694. The lowest BCUT2D eigenvalue weighted by Gasteiger charge is -2.06.